The van der Waals surface area contributed by atoms with Crippen molar-refractivity contribution in [1.29, 1.82) is 0 Å². The van der Waals surface area contributed by atoms with Gasteiger partial charge < -0.3 is 25.0 Å². The van der Waals surface area contributed by atoms with Gasteiger partial charge in [-0.25, -0.2) is 10.8 Å². The summed E-state index contributed by atoms with van der Waals surface area (Å²) in [7, 11) is 3.14. The molecular weight excluding hydrogens is 478 g/mol. The standard InChI is InChI=1S/C25H29N7O3S/c1-4-17(15-32(26)18-5-6-22(34-2)23(13-18)35-3)25-30-20(16-36-25)24(33)29-19-14-28-8-7-21(19)31-11-9-27-10-12-31/h4-8,13-16,27H,1,9-12,26H2,2-3H3,(H,29,33)/b17-15+. The summed E-state index contributed by atoms with van der Waals surface area (Å²) in [5, 5.41) is 10.1. The highest BCUT2D eigenvalue weighted by Gasteiger charge is 2.18. The van der Waals surface area contributed by atoms with E-state index in [4.69, 9.17) is 15.3 Å². The van der Waals surface area contributed by atoms with Gasteiger partial charge in [0.15, 0.2) is 11.5 Å². The fourth-order valence-corrected chi connectivity index (χ4v) is 4.57. The van der Waals surface area contributed by atoms with Crippen LogP contribution in [0.25, 0.3) is 5.57 Å². The van der Waals surface area contributed by atoms with Gasteiger partial charge in [-0.3, -0.25) is 14.8 Å². The van der Waals surface area contributed by atoms with Crippen LogP contribution in [0.1, 0.15) is 15.5 Å². The maximum atomic E-state index is 13.0. The second-order valence-electron chi connectivity index (χ2n) is 7.86. The summed E-state index contributed by atoms with van der Waals surface area (Å²) in [6.45, 7) is 7.38. The molecule has 4 rings (SSSR count). The molecule has 3 heterocycles. The SMILES string of the molecule is C=C/C(=C\N(N)c1ccc(OC)c(OC)c1)c1nc(C(=O)Nc2cnccc2N2CCNCC2)cs1. The monoisotopic (exact) mass is 507 g/mol. The number of aromatic nitrogens is 2. The number of piperazine rings is 1. The summed E-state index contributed by atoms with van der Waals surface area (Å²) in [5.41, 5.74) is 3.24. The van der Waals surface area contributed by atoms with Crippen molar-refractivity contribution in [3.63, 3.8) is 0 Å². The van der Waals surface area contributed by atoms with E-state index in [1.165, 1.54) is 16.3 Å². The molecule has 1 saturated heterocycles. The van der Waals surface area contributed by atoms with Crippen molar-refractivity contribution < 1.29 is 14.3 Å². The molecule has 4 N–H and O–H groups in total. The minimum atomic E-state index is -0.310. The van der Waals surface area contributed by atoms with E-state index in [0.29, 0.717) is 39.1 Å². The molecule has 0 radical (unpaired) electrons. The molecule has 1 aliphatic heterocycles. The van der Waals surface area contributed by atoms with Crippen LogP contribution in [0.5, 0.6) is 11.5 Å². The van der Waals surface area contributed by atoms with Crippen LogP contribution in [0.15, 0.2) is 60.9 Å². The Hall–Kier alpha value is -3.93. The first-order chi connectivity index (χ1) is 17.5. The fraction of sp³-hybridized carbons (Fsp3) is 0.240. The number of carbonyl (C=O) groups is 1. The van der Waals surface area contributed by atoms with Crippen molar-refractivity contribution >= 4 is 39.9 Å². The Labute approximate surface area is 214 Å². The van der Waals surface area contributed by atoms with Gasteiger partial charge in [0.05, 0.1) is 37.5 Å². The molecule has 2 aromatic heterocycles. The first kappa shape index (κ1) is 25.2. The number of ether oxygens (including phenoxy) is 2. The number of thiazole rings is 1. The number of nitrogens with one attached hydrogen (secondary N) is 2. The molecule has 10 nitrogen and oxygen atoms in total. The molecule has 3 aromatic rings. The normalized spacial score (nSPS) is 13.8. The maximum absolute atomic E-state index is 13.0. The number of allylic oxidation sites excluding steroid dienone is 2. The minimum Gasteiger partial charge on any atom is -0.493 e. The van der Waals surface area contributed by atoms with E-state index in [0.717, 1.165) is 31.9 Å². The van der Waals surface area contributed by atoms with Crippen LogP contribution in [0.2, 0.25) is 0 Å². The average Bonchev–Trinajstić information content (AvgIpc) is 3.42. The highest BCUT2D eigenvalue weighted by Crippen LogP contribution is 2.32. The summed E-state index contributed by atoms with van der Waals surface area (Å²) < 4.78 is 10.6. The molecule has 0 bridgehead atoms. The largest absolute Gasteiger partial charge is 0.493 e. The number of nitrogens with two attached hydrogens (primary N) is 1. The number of hydrazine groups is 1. The summed E-state index contributed by atoms with van der Waals surface area (Å²) in [6.07, 6.45) is 6.72. The number of pyridine rings is 1. The molecule has 1 fully saturated rings. The number of amides is 1. The maximum Gasteiger partial charge on any atom is 0.275 e. The third kappa shape index (κ3) is 5.65. The quantitative estimate of drug-likeness (QED) is 0.228. The minimum absolute atomic E-state index is 0.299. The second-order valence-corrected chi connectivity index (χ2v) is 8.72. The van der Waals surface area contributed by atoms with Crippen molar-refractivity contribution in [2.24, 2.45) is 5.84 Å². The molecule has 0 aliphatic carbocycles. The summed E-state index contributed by atoms with van der Waals surface area (Å²) in [4.78, 5) is 23.9. The molecule has 1 amide bonds. The molecule has 0 atom stereocenters. The van der Waals surface area contributed by atoms with Crippen LogP contribution < -0.4 is 35.9 Å². The van der Waals surface area contributed by atoms with Crippen LogP contribution in [-0.4, -0.2) is 56.3 Å². The van der Waals surface area contributed by atoms with Crippen molar-refractivity contribution in [3.8, 4) is 11.5 Å². The van der Waals surface area contributed by atoms with E-state index in [1.54, 1.807) is 56.4 Å². The van der Waals surface area contributed by atoms with E-state index in [-0.39, 0.29) is 5.91 Å². The van der Waals surface area contributed by atoms with Gasteiger partial charge in [0.1, 0.15) is 10.7 Å². The predicted molar refractivity (Wildman–Crippen MR) is 144 cm³/mol. The van der Waals surface area contributed by atoms with E-state index in [1.807, 2.05) is 12.1 Å². The lowest BCUT2D eigenvalue weighted by Gasteiger charge is -2.30. The Balaban J connectivity index is 1.51. The molecule has 1 aliphatic rings. The Morgan fingerprint density at radius 2 is 2.03 bits per heavy atom. The number of methoxy groups -OCH3 is 2. The number of hydrogen-bond acceptors (Lipinski definition) is 10. The van der Waals surface area contributed by atoms with Crippen LogP contribution >= 0.6 is 11.3 Å². The molecule has 0 spiro atoms. The number of carbonyl (C=O) groups excluding carboxylic acids is 1. The Kier molecular flexibility index (Phi) is 8.16. The molecule has 0 unspecified atom stereocenters. The Bertz CT molecular complexity index is 1250. The molecule has 1 aromatic carbocycles. The highest BCUT2D eigenvalue weighted by molar-refractivity contribution is 7.11. The first-order valence-corrected chi connectivity index (χ1v) is 12.2. The van der Waals surface area contributed by atoms with Crippen molar-refractivity contribution in [1.82, 2.24) is 15.3 Å². The van der Waals surface area contributed by atoms with E-state index in [9.17, 15) is 4.79 Å². The molecule has 188 valence electrons. The average molecular weight is 508 g/mol. The number of hydrogen-bond donors (Lipinski definition) is 3. The van der Waals surface area contributed by atoms with Gasteiger partial charge in [0, 0.05) is 55.6 Å². The third-order valence-corrected chi connectivity index (χ3v) is 6.54. The number of benzene rings is 1. The number of anilines is 3. The van der Waals surface area contributed by atoms with Crippen LogP contribution in [0.3, 0.4) is 0 Å². The topological polar surface area (TPSA) is 118 Å². The van der Waals surface area contributed by atoms with E-state index >= 15 is 0 Å². The highest BCUT2D eigenvalue weighted by atomic mass is 32.1. The van der Waals surface area contributed by atoms with Gasteiger partial charge in [-0.05, 0) is 18.2 Å². The lowest BCUT2D eigenvalue weighted by molar-refractivity contribution is 0.102. The number of nitrogens with zero attached hydrogens (tertiary/aromatic N) is 4. The first-order valence-electron chi connectivity index (χ1n) is 11.3. The second kappa shape index (κ2) is 11.7. The zero-order chi connectivity index (χ0) is 25.5. The predicted octanol–water partition coefficient (Wildman–Crippen LogP) is 3.12. The third-order valence-electron chi connectivity index (χ3n) is 5.65. The van der Waals surface area contributed by atoms with Gasteiger partial charge in [-0.1, -0.05) is 12.7 Å². The van der Waals surface area contributed by atoms with Gasteiger partial charge in [-0.2, -0.15) is 0 Å². The van der Waals surface area contributed by atoms with Crippen molar-refractivity contribution in [3.05, 3.63) is 71.6 Å². The van der Waals surface area contributed by atoms with Crippen LogP contribution in [0.4, 0.5) is 17.1 Å². The molecular formula is C25H29N7O3S. The van der Waals surface area contributed by atoms with Gasteiger partial charge >= 0.3 is 0 Å². The van der Waals surface area contributed by atoms with Gasteiger partial charge in [0.25, 0.3) is 5.91 Å². The molecule has 0 saturated carbocycles. The fourth-order valence-electron chi connectivity index (χ4n) is 3.77. The van der Waals surface area contributed by atoms with Gasteiger partial charge in [-0.15, -0.1) is 11.3 Å². The zero-order valence-electron chi connectivity index (χ0n) is 20.2. The molecule has 36 heavy (non-hydrogen) atoms. The summed E-state index contributed by atoms with van der Waals surface area (Å²) in [5.74, 6) is 7.13. The lowest BCUT2D eigenvalue weighted by atomic mass is 10.2. The smallest absolute Gasteiger partial charge is 0.275 e. The Morgan fingerprint density at radius 1 is 1.25 bits per heavy atom. The van der Waals surface area contributed by atoms with Crippen molar-refractivity contribution in [2.75, 3.05) is 55.6 Å². The van der Waals surface area contributed by atoms with E-state index < -0.39 is 0 Å². The Morgan fingerprint density at radius 3 is 2.75 bits per heavy atom. The molecule has 11 heteroatoms. The van der Waals surface area contributed by atoms with Crippen LogP contribution in [-0.2, 0) is 0 Å². The van der Waals surface area contributed by atoms with Gasteiger partial charge in [0.2, 0.25) is 0 Å². The lowest BCUT2D eigenvalue weighted by Crippen LogP contribution is -2.43. The summed E-state index contributed by atoms with van der Waals surface area (Å²) in [6, 6.07) is 7.26. The zero-order valence-corrected chi connectivity index (χ0v) is 21.0. The van der Waals surface area contributed by atoms with E-state index in [2.05, 4.69) is 32.1 Å². The van der Waals surface area contributed by atoms with Crippen molar-refractivity contribution in [2.45, 2.75) is 0 Å². The summed E-state index contributed by atoms with van der Waals surface area (Å²) >= 11 is 1.33. The van der Waals surface area contributed by atoms with Crippen LogP contribution in [0, 0.1) is 0 Å². The number of rotatable bonds is 9.